The first kappa shape index (κ1) is 14.8. The Kier molecular flexibility index (Phi) is 4.98. The normalized spacial score (nSPS) is 17.1. The Hall–Kier alpha value is -1.59. The maximum atomic E-state index is 12.1. The minimum absolute atomic E-state index is 0.00886. The predicted octanol–water partition coefficient (Wildman–Crippen LogP) is 1.63. The minimum atomic E-state index is 0.00886. The van der Waals surface area contributed by atoms with Crippen LogP contribution in [0.5, 0.6) is 0 Å². The van der Waals surface area contributed by atoms with Crippen molar-refractivity contribution in [2.45, 2.75) is 25.9 Å². The number of hydrogen-bond acceptors (Lipinski definition) is 4. The lowest BCUT2D eigenvalue weighted by Crippen LogP contribution is -2.41. The molecule has 1 fully saturated rings. The van der Waals surface area contributed by atoms with Crippen molar-refractivity contribution in [1.82, 2.24) is 4.90 Å². The van der Waals surface area contributed by atoms with Gasteiger partial charge in [-0.25, -0.2) is 0 Å². The molecule has 0 bridgehead atoms. The van der Waals surface area contributed by atoms with Gasteiger partial charge in [0.2, 0.25) is 5.91 Å². The Bertz CT molecular complexity index is 468. The van der Waals surface area contributed by atoms with Crippen LogP contribution in [-0.2, 0) is 9.53 Å². The molecule has 1 aromatic rings. The van der Waals surface area contributed by atoms with E-state index in [1.165, 1.54) is 0 Å². The molecule has 1 saturated heterocycles. The molecule has 5 heteroatoms. The van der Waals surface area contributed by atoms with Crippen molar-refractivity contribution in [3.63, 3.8) is 0 Å². The highest BCUT2D eigenvalue weighted by molar-refractivity contribution is 5.93. The molecule has 0 saturated carbocycles. The third-order valence-corrected chi connectivity index (χ3v) is 3.77. The van der Waals surface area contributed by atoms with Crippen LogP contribution in [0.1, 0.15) is 18.4 Å². The third kappa shape index (κ3) is 3.95. The van der Waals surface area contributed by atoms with Crippen LogP contribution in [0, 0.1) is 6.92 Å². The fourth-order valence-corrected chi connectivity index (χ4v) is 2.47. The second-order valence-corrected chi connectivity index (χ2v) is 5.33. The van der Waals surface area contributed by atoms with Crippen LogP contribution in [-0.4, -0.2) is 43.7 Å². The fourth-order valence-electron chi connectivity index (χ4n) is 2.47. The molecule has 0 spiro atoms. The van der Waals surface area contributed by atoms with Crippen LogP contribution < -0.4 is 11.1 Å². The lowest BCUT2D eigenvalue weighted by Gasteiger charge is -2.30. The van der Waals surface area contributed by atoms with Crippen molar-refractivity contribution in [3.05, 3.63) is 23.8 Å². The van der Waals surface area contributed by atoms with E-state index in [0.717, 1.165) is 37.2 Å². The highest BCUT2D eigenvalue weighted by Gasteiger charge is 2.20. The summed E-state index contributed by atoms with van der Waals surface area (Å²) < 4.78 is 5.33. The van der Waals surface area contributed by atoms with Gasteiger partial charge in [-0.15, -0.1) is 0 Å². The van der Waals surface area contributed by atoms with Gasteiger partial charge in [0.1, 0.15) is 0 Å². The molecule has 1 amide bonds. The molecule has 0 aromatic heterocycles. The van der Waals surface area contributed by atoms with Crippen molar-refractivity contribution >= 4 is 17.3 Å². The first-order valence-electron chi connectivity index (χ1n) is 6.99. The summed E-state index contributed by atoms with van der Waals surface area (Å²) >= 11 is 0. The summed E-state index contributed by atoms with van der Waals surface area (Å²) in [5, 5.41) is 2.93. The molecule has 3 N–H and O–H groups in total. The van der Waals surface area contributed by atoms with Crippen molar-refractivity contribution < 1.29 is 9.53 Å². The Morgan fingerprint density at radius 1 is 1.45 bits per heavy atom. The van der Waals surface area contributed by atoms with E-state index in [9.17, 15) is 4.79 Å². The second-order valence-electron chi connectivity index (χ2n) is 5.33. The summed E-state index contributed by atoms with van der Waals surface area (Å²) in [5.74, 6) is 0.00886. The number of anilines is 2. The number of aryl methyl sites for hydroxylation is 1. The number of nitrogen functional groups attached to an aromatic ring is 1. The summed E-state index contributed by atoms with van der Waals surface area (Å²) in [6, 6.07) is 5.54. The van der Waals surface area contributed by atoms with Gasteiger partial charge in [-0.2, -0.15) is 0 Å². The van der Waals surface area contributed by atoms with Crippen LogP contribution in [0.25, 0.3) is 0 Å². The molecule has 1 aliphatic rings. The molecule has 2 rings (SSSR count). The lowest BCUT2D eigenvalue weighted by atomic mass is 10.1. The Labute approximate surface area is 120 Å². The van der Waals surface area contributed by atoms with Gasteiger partial charge in [0, 0.05) is 31.6 Å². The number of nitrogens with zero attached hydrogens (tertiary/aromatic N) is 1. The molecule has 20 heavy (non-hydrogen) atoms. The van der Waals surface area contributed by atoms with Gasteiger partial charge < -0.3 is 15.8 Å². The standard InChI is InChI=1S/C15H23N3O2/c1-11-3-4-12(16)9-14(11)17-15(19)10-18-7-5-13(20-2)6-8-18/h3-4,9,13H,5-8,10,16H2,1-2H3,(H,17,19). The van der Waals surface area contributed by atoms with Gasteiger partial charge in [-0.3, -0.25) is 9.69 Å². The van der Waals surface area contributed by atoms with Gasteiger partial charge in [-0.05, 0) is 37.5 Å². The molecular formula is C15H23N3O2. The monoisotopic (exact) mass is 277 g/mol. The van der Waals surface area contributed by atoms with E-state index in [-0.39, 0.29) is 5.91 Å². The number of ether oxygens (including phenoxy) is 1. The number of carbonyl (C=O) groups excluding carboxylic acids is 1. The molecule has 0 atom stereocenters. The van der Waals surface area contributed by atoms with E-state index in [0.29, 0.717) is 18.3 Å². The van der Waals surface area contributed by atoms with E-state index < -0.39 is 0 Å². The van der Waals surface area contributed by atoms with E-state index in [1.807, 2.05) is 19.1 Å². The average molecular weight is 277 g/mol. The van der Waals surface area contributed by atoms with Crippen LogP contribution >= 0.6 is 0 Å². The largest absolute Gasteiger partial charge is 0.399 e. The van der Waals surface area contributed by atoms with E-state index >= 15 is 0 Å². The highest BCUT2D eigenvalue weighted by atomic mass is 16.5. The molecule has 0 aliphatic carbocycles. The molecule has 1 aliphatic heterocycles. The molecule has 1 aromatic carbocycles. The predicted molar refractivity (Wildman–Crippen MR) is 80.7 cm³/mol. The average Bonchev–Trinajstić information content (AvgIpc) is 2.43. The molecular weight excluding hydrogens is 254 g/mol. The van der Waals surface area contributed by atoms with Crippen LogP contribution in [0.2, 0.25) is 0 Å². The first-order valence-corrected chi connectivity index (χ1v) is 6.99. The Morgan fingerprint density at radius 3 is 2.80 bits per heavy atom. The third-order valence-electron chi connectivity index (χ3n) is 3.77. The fraction of sp³-hybridized carbons (Fsp3) is 0.533. The lowest BCUT2D eigenvalue weighted by molar-refractivity contribution is -0.117. The molecule has 0 radical (unpaired) electrons. The number of piperidine rings is 1. The van der Waals surface area contributed by atoms with E-state index in [1.54, 1.807) is 13.2 Å². The highest BCUT2D eigenvalue weighted by Crippen LogP contribution is 2.18. The van der Waals surface area contributed by atoms with Crippen molar-refractivity contribution in [3.8, 4) is 0 Å². The van der Waals surface area contributed by atoms with Gasteiger partial charge >= 0.3 is 0 Å². The number of nitrogens with two attached hydrogens (primary N) is 1. The zero-order valence-corrected chi connectivity index (χ0v) is 12.2. The van der Waals surface area contributed by atoms with E-state index in [2.05, 4.69) is 10.2 Å². The summed E-state index contributed by atoms with van der Waals surface area (Å²) in [7, 11) is 1.75. The van der Waals surface area contributed by atoms with Crippen molar-refractivity contribution in [2.24, 2.45) is 0 Å². The number of amides is 1. The van der Waals surface area contributed by atoms with Crippen LogP contribution in [0.15, 0.2) is 18.2 Å². The van der Waals surface area contributed by atoms with Crippen molar-refractivity contribution in [2.75, 3.05) is 37.8 Å². The van der Waals surface area contributed by atoms with Gasteiger partial charge in [-0.1, -0.05) is 6.07 Å². The molecule has 1 heterocycles. The SMILES string of the molecule is COC1CCN(CC(=O)Nc2cc(N)ccc2C)CC1. The maximum Gasteiger partial charge on any atom is 0.238 e. The Balaban J connectivity index is 1.85. The number of likely N-dealkylation sites (tertiary alicyclic amines) is 1. The number of benzene rings is 1. The summed E-state index contributed by atoms with van der Waals surface area (Å²) in [6.07, 6.45) is 2.31. The number of carbonyl (C=O) groups is 1. The molecule has 5 nitrogen and oxygen atoms in total. The number of methoxy groups -OCH3 is 1. The molecule has 110 valence electrons. The number of nitrogens with one attached hydrogen (secondary N) is 1. The second kappa shape index (κ2) is 6.72. The van der Waals surface area contributed by atoms with Crippen LogP contribution in [0.4, 0.5) is 11.4 Å². The summed E-state index contributed by atoms with van der Waals surface area (Å²) in [5.41, 5.74) is 8.21. The van der Waals surface area contributed by atoms with Crippen molar-refractivity contribution in [1.29, 1.82) is 0 Å². The topological polar surface area (TPSA) is 67.6 Å². The van der Waals surface area contributed by atoms with E-state index in [4.69, 9.17) is 10.5 Å². The summed E-state index contributed by atoms with van der Waals surface area (Å²) in [6.45, 7) is 4.19. The first-order chi connectivity index (χ1) is 9.58. The van der Waals surface area contributed by atoms with Gasteiger partial charge in [0.05, 0.1) is 12.6 Å². The van der Waals surface area contributed by atoms with Gasteiger partial charge in [0.15, 0.2) is 0 Å². The zero-order valence-electron chi connectivity index (χ0n) is 12.2. The molecule has 0 unspecified atom stereocenters. The Morgan fingerprint density at radius 2 is 2.15 bits per heavy atom. The summed E-state index contributed by atoms with van der Waals surface area (Å²) in [4.78, 5) is 14.2. The minimum Gasteiger partial charge on any atom is -0.399 e. The zero-order chi connectivity index (χ0) is 14.5. The number of hydrogen-bond donors (Lipinski definition) is 2. The smallest absolute Gasteiger partial charge is 0.238 e. The van der Waals surface area contributed by atoms with Gasteiger partial charge in [0.25, 0.3) is 0 Å². The maximum absolute atomic E-state index is 12.1. The number of rotatable bonds is 4. The quantitative estimate of drug-likeness (QED) is 0.821. The van der Waals surface area contributed by atoms with Crippen LogP contribution in [0.3, 0.4) is 0 Å².